The van der Waals surface area contributed by atoms with E-state index in [1.54, 1.807) is 17.0 Å². The second-order valence-corrected chi connectivity index (χ2v) is 5.30. The fourth-order valence-corrected chi connectivity index (χ4v) is 2.58. The van der Waals surface area contributed by atoms with Gasteiger partial charge >= 0.3 is 0 Å². The highest BCUT2D eigenvalue weighted by molar-refractivity contribution is 5.76. The standard InChI is InChI=1S/C12H19N3.C4H7N3/c1-3-14-7-8-15(4-2)12-9-10(13)5-6-11(12)14;1-7-3-2-6-4(7)5/h5-6,9H,3-4,7-8,13H2,1-2H3;2-3H,1H3,(H2,5,6). The second-order valence-electron chi connectivity index (χ2n) is 5.30. The first-order valence-electron chi connectivity index (χ1n) is 7.69. The summed E-state index contributed by atoms with van der Waals surface area (Å²) in [6, 6.07) is 6.21. The van der Waals surface area contributed by atoms with Crippen LogP contribution in [0, 0.1) is 0 Å². The largest absolute Gasteiger partial charge is 0.399 e. The van der Waals surface area contributed by atoms with Gasteiger partial charge in [-0.05, 0) is 32.0 Å². The average Bonchev–Trinajstić information content (AvgIpc) is 2.90. The van der Waals surface area contributed by atoms with Gasteiger partial charge in [-0.15, -0.1) is 0 Å². The summed E-state index contributed by atoms with van der Waals surface area (Å²) in [4.78, 5) is 8.55. The maximum atomic E-state index is 5.84. The summed E-state index contributed by atoms with van der Waals surface area (Å²) in [6.45, 7) is 8.71. The normalized spacial score (nSPS) is 13.4. The minimum atomic E-state index is 0.556. The predicted octanol–water partition coefficient (Wildman–Crippen LogP) is 1.94. The molecule has 6 nitrogen and oxygen atoms in total. The van der Waals surface area contributed by atoms with Crippen molar-refractivity contribution in [2.24, 2.45) is 7.05 Å². The molecule has 2 heterocycles. The number of nitrogen functional groups attached to an aromatic ring is 2. The molecule has 22 heavy (non-hydrogen) atoms. The first-order chi connectivity index (χ1) is 10.6. The van der Waals surface area contributed by atoms with Gasteiger partial charge in [0.1, 0.15) is 0 Å². The Morgan fingerprint density at radius 2 is 1.68 bits per heavy atom. The van der Waals surface area contributed by atoms with Crippen LogP contribution in [0.25, 0.3) is 0 Å². The fourth-order valence-electron chi connectivity index (χ4n) is 2.58. The topological polar surface area (TPSA) is 76.3 Å². The van der Waals surface area contributed by atoms with E-state index in [-0.39, 0.29) is 0 Å². The Bertz CT molecular complexity index is 590. The van der Waals surface area contributed by atoms with Gasteiger partial charge in [-0.3, -0.25) is 0 Å². The number of likely N-dealkylation sites (N-methyl/N-ethyl adjacent to an activating group) is 2. The molecule has 0 saturated heterocycles. The molecule has 0 saturated carbocycles. The average molecular weight is 302 g/mol. The first kappa shape index (κ1) is 16.0. The van der Waals surface area contributed by atoms with Crippen molar-refractivity contribution in [1.29, 1.82) is 0 Å². The monoisotopic (exact) mass is 302 g/mol. The van der Waals surface area contributed by atoms with E-state index in [2.05, 4.69) is 40.8 Å². The molecular formula is C16H26N6. The summed E-state index contributed by atoms with van der Waals surface area (Å²) in [5.74, 6) is 0.556. The zero-order valence-electron chi connectivity index (χ0n) is 13.7. The predicted molar refractivity (Wildman–Crippen MR) is 94.2 cm³/mol. The van der Waals surface area contributed by atoms with E-state index < -0.39 is 0 Å². The summed E-state index contributed by atoms with van der Waals surface area (Å²) < 4.78 is 1.75. The lowest BCUT2D eigenvalue weighted by molar-refractivity contribution is 0.723. The third kappa shape index (κ3) is 3.44. The zero-order chi connectivity index (χ0) is 16.1. The van der Waals surface area contributed by atoms with Gasteiger partial charge in [0.15, 0.2) is 5.95 Å². The molecule has 6 heteroatoms. The highest BCUT2D eigenvalue weighted by atomic mass is 15.3. The quantitative estimate of drug-likeness (QED) is 0.829. The molecule has 4 N–H and O–H groups in total. The van der Waals surface area contributed by atoms with E-state index in [1.165, 1.54) is 11.4 Å². The van der Waals surface area contributed by atoms with E-state index in [9.17, 15) is 0 Å². The van der Waals surface area contributed by atoms with Crippen LogP contribution in [0.3, 0.4) is 0 Å². The van der Waals surface area contributed by atoms with Crippen LogP contribution in [0.4, 0.5) is 23.0 Å². The van der Waals surface area contributed by atoms with Crippen LogP contribution in [-0.4, -0.2) is 35.7 Å². The summed E-state index contributed by atoms with van der Waals surface area (Å²) in [6.07, 6.45) is 3.46. The molecule has 1 aromatic carbocycles. The van der Waals surface area contributed by atoms with Crippen LogP contribution in [0.1, 0.15) is 13.8 Å². The van der Waals surface area contributed by atoms with E-state index in [0.29, 0.717) is 5.95 Å². The Balaban J connectivity index is 0.000000211. The number of nitrogens with two attached hydrogens (primary N) is 2. The van der Waals surface area contributed by atoms with Gasteiger partial charge in [-0.1, -0.05) is 0 Å². The fraction of sp³-hybridized carbons (Fsp3) is 0.438. The van der Waals surface area contributed by atoms with Crippen molar-refractivity contribution >= 4 is 23.0 Å². The van der Waals surface area contributed by atoms with Gasteiger partial charge in [-0.2, -0.15) is 0 Å². The highest BCUT2D eigenvalue weighted by Gasteiger charge is 2.20. The van der Waals surface area contributed by atoms with Gasteiger partial charge in [0.25, 0.3) is 0 Å². The van der Waals surface area contributed by atoms with Gasteiger partial charge in [0, 0.05) is 51.3 Å². The number of hydrogen-bond donors (Lipinski definition) is 2. The zero-order valence-corrected chi connectivity index (χ0v) is 13.7. The number of hydrogen-bond acceptors (Lipinski definition) is 5. The van der Waals surface area contributed by atoms with Crippen LogP contribution in [0.15, 0.2) is 30.6 Å². The Hall–Kier alpha value is -2.37. The molecule has 0 radical (unpaired) electrons. The molecular weight excluding hydrogens is 276 g/mol. The molecule has 1 aliphatic heterocycles. The molecule has 0 unspecified atom stereocenters. The number of benzene rings is 1. The molecule has 1 aliphatic rings. The van der Waals surface area contributed by atoms with E-state index >= 15 is 0 Å². The molecule has 0 amide bonds. The first-order valence-corrected chi connectivity index (χ1v) is 7.69. The summed E-state index contributed by atoms with van der Waals surface area (Å²) >= 11 is 0. The number of aryl methyl sites for hydroxylation is 1. The smallest absolute Gasteiger partial charge is 0.199 e. The molecule has 0 fully saturated rings. The maximum absolute atomic E-state index is 5.84. The Morgan fingerprint density at radius 1 is 1.05 bits per heavy atom. The van der Waals surface area contributed by atoms with Gasteiger partial charge in [0.05, 0.1) is 11.4 Å². The lowest BCUT2D eigenvalue weighted by atomic mass is 10.1. The van der Waals surface area contributed by atoms with Crippen molar-refractivity contribution in [3.05, 3.63) is 30.6 Å². The van der Waals surface area contributed by atoms with Gasteiger partial charge in [-0.25, -0.2) is 4.98 Å². The van der Waals surface area contributed by atoms with Crippen LogP contribution in [0.5, 0.6) is 0 Å². The summed E-state index contributed by atoms with van der Waals surface area (Å²) in [5.41, 5.74) is 14.6. The Kier molecular flexibility index (Phi) is 5.14. The van der Waals surface area contributed by atoms with E-state index in [0.717, 1.165) is 31.9 Å². The van der Waals surface area contributed by atoms with Crippen molar-refractivity contribution in [2.75, 3.05) is 47.4 Å². The summed E-state index contributed by atoms with van der Waals surface area (Å²) in [5, 5.41) is 0. The lowest BCUT2D eigenvalue weighted by Gasteiger charge is -2.38. The maximum Gasteiger partial charge on any atom is 0.199 e. The number of anilines is 4. The molecule has 2 aromatic rings. The molecule has 3 rings (SSSR count). The number of rotatable bonds is 2. The van der Waals surface area contributed by atoms with Crippen molar-refractivity contribution in [3.63, 3.8) is 0 Å². The molecule has 1 aromatic heterocycles. The Labute approximate surface area is 132 Å². The van der Waals surface area contributed by atoms with Crippen molar-refractivity contribution in [1.82, 2.24) is 9.55 Å². The molecule has 0 aliphatic carbocycles. The van der Waals surface area contributed by atoms with Crippen LogP contribution < -0.4 is 21.3 Å². The van der Waals surface area contributed by atoms with Gasteiger partial charge < -0.3 is 25.8 Å². The molecule has 0 bridgehead atoms. The third-order valence-corrected chi connectivity index (χ3v) is 3.94. The van der Waals surface area contributed by atoms with E-state index in [1.807, 2.05) is 13.1 Å². The van der Waals surface area contributed by atoms with Crippen LogP contribution >= 0.6 is 0 Å². The minimum Gasteiger partial charge on any atom is -0.399 e. The highest BCUT2D eigenvalue weighted by Crippen LogP contribution is 2.34. The second kappa shape index (κ2) is 7.06. The minimum absolute atomic E-state index is 0.556. The summed E-state index contributed by atoms with van der Waals surface area (Å²) in [7, 11) is 1.85. The third-order valence-electron chi connectivity index (χ3n) is 3.94. The SMILES string of the molecule is CCN1CCN(CC)c2cc(N)ccc21.Cn1ccnc1N. The number of aromatic nitrogens is 2. The number of nitrogens with zero attached hydrogens (tertiary/aromatic N) is 4. The van der Waals surface area contributed by atoms with Crippen molar-refractivity contribution in [2.45, 2.75) is 13.8 Å². The molecule has 0 atom stereocenters. The molecule has 120 valence electrons. The van der Waals surface area contributed by atoms with Gasteiger partial charge in [0.2, 0.25) is 0 Å². The van der Waals surface area contributed by atoms with E-state index in [4.69, 9.17) is 11.5 Å². The molecule has 0 spiro atoms. The number of imidazole rings is 1. The van der Waals surface area contributed by atoms with Crippen molar-refractivity contribution < 1.29 is 0 Å². The lowest BCUT2D eigenvalue weighted by Crippen LogP contribution is -2.40. The van der Waals surface area contributed by atoms with Crippen LogP contribution in [0.2, 0.25) is 0 Å². The van der Waals surface area contributed by atoms with Crippen LogP contribution in [-0.2, 0) is 7.05 Å². The van der Waals surface area contributed by atoms with Crippen molar-refractivity contribution in [3.8, 4) is 0 Å². The number of fused-ring (bicyclic) bond motifs is 1. The Morgan fingerprint density at radius 3 is 2.14 bits per heavy atom.